The summed E-state index contributed by atoms with van der Waals surface area (Å²) in [5, 5.41) is 3.52. The fraction of sp³-hybridized carbons (Fsp3) is 0.600. The van der Waals surface area contributed by atoms with Gasteiger partial charge in [-0.2, -0.15) is 0 Å². The van der Waals surface area contributed by atoms with Crippen LogP contribution in [0.1, 0.15) is 27.2 Å². The molecule has 1 N–H and O–H groups in total. The van der Waals surface area contributed by atoms with Gasteiger partial charge in [-0.15, -0.1) is 0 Å². The first-order valence-corrected chi connectivity index (χ1v) is 7.87. The summed E-state index contributed by atoms with van der Waals surface area (Å²) in [5.74, 6) is -0.541. The Morgan fingerprint density at radius 2 is 2.15 bits per heavy atom. The summed E-state index contributed by atoms with van der Waals surface area (Å²) in [6.07, 6.45) is 1.08. The number of benzene rings is 1. The first-order chi connectivity index (χ1) is 9.43. The molecule has 0 aromatic heterocycles. The van der Waals surface area contributed by atoms with Crippen LogP contribution in [0, 0.1) is 17.6 Å². The predicted molar refractivity (Wildman–Crippen MR) is 82.1 cm³/mol. The summed E-state index contributed by atoms with van der Waals surface area (Å²) in [7, 11) is 0. The van der Waals surface area contributed by atoms with Gasteiger partial charge in [0, 0.05) is 35.7 Å². The van der Waals surface area contributed by atoms with Crippen molar-refractivity contribution in [3.05, 3.63) is 28.2 Å². The molecule has 3 atom stereocenters. The lowest BCUT2D eigenvalue weighted by molar-refractivity contribution is 0.314. The van der Waals surface area contributed by atoms with E-state index in [1.165, 1.54) is 6.07 Å². The summed E-state index contributed by atoms with van der Waals surface area (Å²) in [4.78, 5) is 2.03. The molecule has 0 amide bonds. The normalized spacial score (nSPS) is 24.8. The molecule has 0 spiro atoms. The molecule has 0 radical (unpaired) electrons. The molecule has 0 bridgehead atoms. The number of hydrogen-bond donors (Lipinski definition) is 1. The molecule has 1 fully saturated rings. The molecule has 1 aromatic carbocycles. The number of halogens is 3. The fourth-order valence-corrected chi connectivity index (χ4v) is 3.31. The Bertz CT molecular complexity index is 458. The maximum absolute atomic E-state index is 14.1. The van der Waals surface area contributed by atoms with Gasteiger partial charge < -0.3 is 10.2 Å². The largest absolute Gasteiger partial charge is 0.363 e. The molecule has 2 rings (SSSR count). The minimum Gasteiger partial charge on any atom is -0.363 e. The van der Waals surface area contributed by atoms with E-state index >= 15 is 0 Å². The minimum absolute atomic E-state index is 0.173. The zero-order valence-electron chi connectivity index (χ0n) is 12.1. The third-order valence-corrected chi connectivity index (χ3v) is 4.81. The van der Waals surface area contributed by atoms with Crippen LogP contribution in [0.15, 0.2) is 16.6 Å². The van der Waals surface area contributed by atoms with Gasteiger partial charge in [-0.3, -0.25) is 0 Å². The SMILES string of the molecule is CCC(C)C1CN(c2c(F)cc(F)cc2Br)C(C)CN1. The van der Waals surface area contributed by atoms with Gasteiger partial charge in [0.2, 0.25) is 0 Å². The van der Waals surface area contributed by atoms with Crippen LogP contribution in [0.25, 0.3) is 0 Å². The maximum Gasteiger partial charge on any atom is 0.150 e. The molecule has 20 heavy (non-hydrogen) atoms. The lowest BCUT2D eigenvalue weighted by Crippen LogP contribution is -2.57. The number of hydrogen-bond acceptors (Lipinski definition) is 2. The van der Waals surface area contributed by atoms with Crippen molar-refractivity contribution >= 4 is 21.6 Å². The number of nitrogens with zero attached hydrogens (tertiary/aromatic N) is 1. The van der Waals surface area contributed by atoms with Crippen molar-refractivity contribution in [1.29, 1.82) is 0 Å². The minimum atomic E-state index is -0.556. The molecular weight excluding hydrogens is 326 g/mol. The highest BCUT2D eigenvalue weighted by atomic mass is 79.9. The van der Waals surface area contributed by atoms with Crippen LogP contribution in [0.2, 0.25) is 0 Å². The van der Waals surface area contributed by atoms with E-state index in [1.807, 2.05) is 4.90 Å². The van der Waals surface area contributed by atoms with Crippen LogP contribution in [-0.4, -0.2) is 25.2 Å². The van der Waals surface area contributed by atoms with Gasteiger partial charge in [0.15, 0.2) is 5.82 Å². The first-order valence-electron chi connectivity index (χ1n) is 7.08. The van der Waals surface area contributed by atoms with Crippen molar-refractivity contribution < 1.29 is 8.78 Å². The van der Waals surface area contributed by atoms with E-state index in [1.54, 1.807) is 0 Å². The van der Waals surface area contributed by atoms with Crippen molar-refractivity contribution in [2.45, 2.75) is 39.3 Å². The van der Waals surface area contributed by atoms with Crippen LogP contribution in [0.3, 0.4) is 0 Å². The smallest absolute Gasteiger partial charge is 0.150 e. The quantitative estimate of drug-likeness (QED) is 0.891. The van der Waals surface area contributed by atoms with Gasteiger partial charge in [-0.1, -0.05) is 20.3 Å². The van der Waals surface area contributed by atoms with Crippen molar-refractivity contribution in [3.8, 4) is 0 Å². The van der Waals surface area contributed by atoms with E-state index in [-0.39, 0.29) is 6.04 Å². The molecule has 0 aliphatic carbocycles. The van der Waals surface area contributed by atoms with Crippen LogP contribution >= 0.6 is 15.9 Å². The average molecular weight is 347 g/mol. The Morgan fingerprint density at radius 3 is 2.75 bits per heavy atom. The molecule has 5 heteroatoms. The summed E-state index contributed by atoms with van der Waals surface area (Å²) < 4.78 is 27.9. The summed E-state index contributed by atoms with van der Waals surface area (Å²) in [6, 6.07) is 2.78. The Kier molecular flexibility index (Phi) is 5.02. The summed E-state index contributed by atoms with van der Waals surface area (Å²) >= 11 is 3.29. The molecular formula is C15H21BrF2N2. The highest BCUT2D eigenvalue weighted by Crippen LogP contribution is 2.33. The highest BCUT2D eigenvalue weighted by Gasteiger charge is 2.30. The predicted octanol–water partition coefficient (Wildman–Crippen LogP) is 3.94. The van der Waals surface area contributed by atoms with E-state index in [0.29, 0.717) is 22.1 Å². The van der Waals surface area contributed by atoms with Crippen LogP contribution < -0.4 is 10.2 Å². The number of nitrogens with one attached hydrogen (secondary N) is 1. The molecule has 112 valence electrons. The second-order valence-corrected chi connectivity index (χ2v) is 6.47. The molecule has 1 aromatic rings. The van der Waals surface area contributed by atoms with Crippen molar-refractivity contribution in [2.75, 3.05) is 18.0 Å². The van der Waals surface area contributed by atoms with Gasteiger partial charge in [0.05, 0.1) is 5.69 Å². The third-order valence-electron chi connectivity index (χ3n) is 4.20. The van der Waals surface area contributed by atoms with Gasteiger partial charge >= 0.3 is 0 Å². The van der Waals surface area contributed by atoms with Gasteiger partial charge in [-0.05, 0) is 34.8 Å². The Morgan fingerprint density at radius 1 is 1.45 bits per heavy atom. The lowest BCUT2D eigenvalue weighted by atomic mass is 9.95. The molecule has 0 saturated carbocycles. The van der Waals surface area contributed by atoms with Crippen molar-refractivity contribution in [1.82, 2.24) is 5.32 Å². The second kappa shape index (κ2) is 6.39. The van der Waals surface area contributed by atoms with E-state index in [4.69, 9.17) is 0 Å². The zero-order chi connectivity index (χ0) is 14.9. The van der Waals surface area contributed by atoms with E-state index in [9.17, 15) is 8.78 Å². The zero-order valence-corrected chi connectivity index (χ0v) is 13.7. The van der Waals surface area contributed by atoms with Crippen LogP contribution in [0.5, 0.6) is 0 Å². The molecule has 1 aliphatic rings. The van der Waals surface area contributed by atoms with Crippen LogP contribution in [0.4, 0.5) is 14.5 Å². The Balaban J connectivity index is 2.30. The average Bonchev–Trinajstić information content (AvgIpc) is 2.38. The second-order valence-electron chi connectivity index (χ2n) is 5.62. The lowest BCUT2D eigenvalue weighted by Gasteiger charge is -2.42. The standard InChI is InChI=1S/C15H21BrF2N2/c1-4-9(2)14-8-20(10(3)7-19-14)15-12(16)5-11(17)6-13(15)18/h5-6,9-10,14,19H,4,7-8H2,1-3H3. The van der Waals surface area contributed by atoms with Crippen molar-refractivity contribution in [2.24, 2.45) is 5.92 Å². The molecule has 2 nitrogen and oxygen atoms in total. The monoisotopic (exact) mass is 346 g/mol. The molecule has 1 heterocycles. The summed E-state index contributed by atoms with van der Waals surface area (Å²) in [5.41, 5.74) is 0.466. The first kappa shape index (κ1) is 15.7. The van der Waals surface area contributed by atoms with Gasteiger partial charge in [0.1, 0.15) is 5.82 Å². The topological polar surface area (TPSA) is 15.3 Å². The maximum atomic E-state index is 14.1. The van der Waals surface area contributed by atoms with E-state index in [2.05, 4.69) is 42.0 Å². The van der Waals surface area contributed by atoms with Crippen molar-refractivity contribution in [3.63, 3.8) is 0 Å². The Labute approximate surface area is 127 Å². The molecule has 1 saturated heterocycles. The fourth-order valence-electron chi connectivity index (χ4n) is 2.67. The highest BCUT2D eigenvalue weighted by molar-refractivity contribution is 9.10. The number of piperazine rings is 1. The van der Waals surface area contributed by atoms with E-state index in [0.717, 1.165) is 25.6 Å². The van der Waals surface area contributed by atoms with Crippen LogP contribution in [-0.2, 0) is 0 Å². The third kappa shape index (κ3) is 3.14. The van der Waals surface area contributed by atoms with E-state index < -0.39 is 11.6 Å². The molecule has 1 aliphatic heterocycles. The number of rotatable bonds is 3. The van der Waals surface area contributed by atoms with Gasteiger partial charge in [-0.25, -0.2) is 8.78 Å². The molecule has 3 unspecified atom stereocenters. The summed E-state index contributed by atoms with van der Waals surface area (Å²) in [6.45, 7) is 7.94. The number of anilines is 1. The van der Waals surface area contributed by atoms with Gasteiger partial charge in [0.25, 0.3) is 0 Å². The Hall–Kier alpha value is -0.680.